The standard InChI is InChI=1S/C18H18BrN3/c1-12-4-7-17(13(2)8-12)21-20-10-14-11-22(3)18-9-15(19)5-6-16(14)18/h4-11,21H,1-3H3/b20-10+. The van der Waals surface area contributed by atoms with Gasteiger partial charge < -0.3 is 4.57 Å². The molecule has 112 valence electrons. The molecule has 0 aliphatic heterocycles. The Morgan fingerprint density at radius 3 is 2.73 bits per heavy atom. The highest BCUT2D eigenvalue weighted by Gasteiger charge is 2.05. The average molecular weight is 356 g/mol. The van der Waals surface area contributed by atoms with Gasteiger partial charge in [-0.25, -0.2) is 0 Å². The van der Waals surface area contributed by atoms with Gasteiger partial charge in [-0.2, -0.15) is 5.10 Å². The summed E-state index contributed by atoms with van der Waals surface area (Å²) in [5.41, 5.74) is 8.89. The number of hydrogen-bond acceptors (Lipinski definition) is 2. The summed E-state index contributed by atoms with van der Waals surface area (Å²) in [6, 6.07) is 12.6. The number of anilines is 1. The molecule has 0 unspecified atom stereocenters. The van der Waals surface area contributed by atoms with Crippen molar-refractivity contribution in [3.8, 4) is 0 Å². The largest absolute Gasteiger partial charge is 0.350 e. The first-order valence-corrected chi connectivity index (χ1v) is 7.95. The van der Waals surface area contributed by atoms with Gasteiger partial charge in [-0.15, -0.1) is 0 Å². The summed E-state index contributed by atoms with van der Waals surface area (Å²) in [5, 5.41) is 5.58. The molecule has 3 aromatic rings. The molecule has 22 heavy (non-hydrogen) atoms. The molecule has 3 nitrogen and oxygen atoms in total. The smallest absolute Gasteiger partial charge is 0.0591 e. The zero-order valence-corrected chi connectivity index (χ0v) is 14.5. The molecule has 3 rings (SSSR count). The van der Waals surface area contributed by atoms with Crippen LogP contribution < -0.4 is 5.43 Å². The summed E-state index contributed by atoms with van der Waals surface area (Å²) in [6.07, 6.45) is 3.96. The highest BCUT2D eigenvalue weighted by molar-refractivity contribution is 9.10. The molecule has 0 saturated heterocycles. The zero-order chi connectivity index (χ0) is 15.7. The van der Waals surface area contributed by atoms with Crippen molar-refractivity contribution in [1.29, 1.82) is 0 Å². The molecule has 0 bridgehead atoms. The van der Waals surface area contributed by atoms with E-state index in [0.29, 0.717) is 0 Å². The number of aryl methyl sites for hydroxylation is 3. The fourth-order valence-electron chi connectivity index (χ4n) is 2.60. The fraction of sp³-hybridized carbons (Fsp3) is 0.167. The van der Waals surface area contributed by atoms with Crippen molar-refractivity contribution in [2.45, 2.75) is 13.8 Å². The molecule has 0 saturated carbocycles. The Hall–Kier alpha value is -2.07. The molecule has 0 atom stereocenters. The first-order chi connectivity index (χ1) is 10.5. The number of fused-ring (bicyclic) bond motifs is 1. The van der Waals surface area contributed by atoms with Gasteiger partial charge in [-0.05, 0) is 37.6 Å². The van der Waals surface area contributed by atoms with Crippen LogP contribution in [0, 0.1) is 13.8 Å². The SMILES string of the molecule is Cc1ccc(N/N=C/c2cn(C)c3cc(Br)ccc23)c(C)c1. The van der Waals surface area contributed by atoms with E-state index in [-0.39, 0.29) is 0 Å². The lowest BCUT2D eigenvalue weighted by Crippen LogP contribution is -1.93. The molecule has 2 aromatic carbocycles. The summed E-state index contributed by atoms with van der Waals surface area (Å²) in [5.74, 6) is 0. The van der Waals surface area contributed by atoms with Gasteiger partial charge >= 0.3 is 0 Å². The number of halogens is 1. The van der Waals surface area contributed by atoms with Crippen LogP contribution in [0.4, 0.5) is 5.69 Å². The van der Waals surface area contributed by atoms with Crippen molar-refractivity contribution in [1.82, 2.24) is 4.57 Å². The number of benzene rings is 2. The number of nitrogens with one attached hydrogen (secondary N) is 1. The monoisotopic (exact) mass is 355 g/mol. The minimum absolute atomic E-state index is 1.03. The van der Waals surface area contributed by atoms with E-state index in [0.717, 1.165) is 15.7 Å². The molecule has 0 aliphatic carbocycles. The van der Waals surface area contributed by atoms with E-state index in [1.807, 2.05) is 13.3 Å². The minimum atomic E-state index is 1.03. The second-order valence-electron chi connectivity index (χ2n) is 5.55. The summed E-state index contributed by atoms with van der Waals surface area (Å²) < 4.78 is 3.19. The van der Waals surface area contributed by atoms with Crippen molar-refractivity contribution in [2.24, 2.45) is 12.1 Å². The minimum Gasteiger partial charge on any atom is -0.350 e. The van der Waals surface area contributed by atoms with E-state index >= 15 is 0 Å². The third-order valence-corrected chi connectivity index (χ3v) is 4.25. The second-order valence-corrected chi connectivity index (χ2v) is 6.46. The first-order valence-electron chi connectivity index (χ1n) is 7.15. The van der Waals surface area contributed by atoms with E-state index in [1.54, 1.807) is 0 Å². The van der Waals surface area contributed by atoms with Crippen LogP contribution in [-0.4, -0.2) is 10.8 Å². The summed E-state index contributed by atoms with van der Waals surface area (Å²) >= 11 is 3.51. The molecule has 0 spiro atoms. The maximum atomic E-state index is 4.39. The Labute approximate surface area is 138 Å². The molecule has 4 heteroatoms. The quantitative estimate of drug-likeness (QED) is 0.519. The Kier molecular flexibility index (Phi) is 4.03. The highest BCUT2D eigenvalue weighted by Crippen LogP contribution is 2.23. The van der Waals surface area contributed by atoms with Crippen LogP contribution in [0.15, 0.2) is 52.2 Å². The van der Waals surface area contributed by atoms with Crippen LogP contribution in [-0.2, 0) is 7.05 Å². The van der Waals surface area contributed by atoms with Crippen LogP contribution >= 0.6 is 15.9 Å². The average Bonchev–Trinajstić information content (AvgIpc) is 2.77. The van der Waals surface area contributed by atoms with E-state index in [9.17, 15) is 0 Å². The third kappa shape index (κ3) is 2.92. The molecular formula is C18H18BrN3. The lowest BCUT2D eigenvalue weighted by Gasteiger charge is -2.05. The van der Waals surface area contributed by atoms with Crippen LogP contribution in [0.25, 0.3) is 10.9 Å². The number of rotatable bonds is 3. The van der Waals surface area contributed by atoms with Gasteiger partial charge in [0.15, 0.2) is 0 Å². The van der Waals surface area contributed by atoms with E-state index in [4.69, 9.17) is 0 Å². The predicted octanol–water partition coefficient (Wildman–Crippen LogP) is 5.00. The van der Waals surface area contributed by atoms with Crippen LogP contribution in [0.1, 0.15) is 16.7 Å². The van der Waals surface area contributed by atoms with Gasteiger partial charge in [0.2, 0.25) is 0 Å². The molecule has 0 aliphatic rings. The fourth-order valence-corrected chi connectivity index (χ4v) is 2.95. The normalized spacial score (nSPS) is 11.5. The Bertz CT molecular complexity index is 862. The van der Waals surface area contributed by atoms with Gasteiger partial charge in [0.25, 0.3) is 0 Å². The Morgan fingerprint density at radius 1 is 1.14 bits per heavy atom. The number of aromatic nitrogens is 1. The lowest BCUT2D eigenvalue weighted by molar-refractivity contribution is 0.968. The summed E-state index contributed by atoms with van der Waals surface area (Å²) in [4.78, 5) is 0. The number of nitrogens with zero attached hydrogens (tertiary/aromatic N) is 2. The van der Waals surface area contributed by atoms with Crippen molar-refractivity contribution in [3.05, 3.63) is 63.8 Å². The summed E-state index contributed by atoms with van der Waals surface area (Å²) in [6.45, 7) is 4.18. The number of hydrogen-bond donors (Lipinski definition) is 1. The molecule has 0 amide bonds. The third-order valence-electron chi connectivity index (χ3n) is 3.75. The molecule has 0 radical (unpaired) electrons. The Morgan fingerprint density at radius 2 is 1.95 bits per heavy atom. The molecule has 1 N–H and O–H groups in total. The number of hydrazone groups is 1. The van der Waals surface area contributed by atoms with E-state index < -0.39 is 0 Å². The van der Waals surface area contributed by atoms with Crippen molar-refractivity contribution >= 4 is 38.7 Å². The topological polar surface area (TPSA) is 29.3 Å². The van der Waals surface area contributed by atoms with Crippen molar-refractivity contribution in [2.75, 3.05) is 5.43 Å². The zero-order valence-electron chi connectivity index (χ0n) is 12.9. The highest BCUT2D eigenvalue weighted by atomic mass is 79.9. The maximum Gasteiger partial charge on any atom is 0.0591 e. The van der Waals surface area contributed by atoms with E-state index in [1.165, 1.54) is 22.0 Å². The van der Waals surface area contributed by atoms with Gasteiger partial charge in [-0.3, -0.25) is 5.43 Å². The van der Waals surface area contributed by atoms with Gasteiger partial charge in [0.05, 0.1) is 11.9 Å². The predicted molar refractivity (Wildman–Crippen MR) is 97.8 cm³/mol. The van der Waals surface area contributed by atoms with E-state index in [2.05, 4.69) is 87.5 Å². The lowest BCUT2D eigenvalue weighted by atomic mass is 10.1. The maximum absolute atomic E-state index is 4.39. The van der Waals surface area contributed by atoms with Crippen molar-refractivity contribution in [3.63, 3.8) is 0 Å². The van der Waals surface area contributed by atoms with Crippen LogP contribution in [0.3, 0.4) is 0 Å². The Balaban J connectivity index is 1.87. The van der Waals surface area contributed by atoms with Gasteiger partial charge in [0, 0.05) is 34.2 Å². The van der Waals surface area contributed by atoms with Gasteiger partial charge in [0.1, 0.15) is 0 Å². The summed E-state index contributed by atoms with van der Waals surface area (Å²) in [7, 11) is 2.05. The first kappa shape index (κ1) is 14.9. The molecule has 1 heterocycles. The second kappa shape index (κ2) is 5.97. The van der Waals surface area contributed by atoms with Crippen LogP contribution in [0.2, 0.25) is 0 Å². The van der Waals surface area contributed by atoms with Crippen LogP contribution in [0.5, 0.6) is 0 Å². The molecular weight excluding hydrogens is 338 g/mol. The van der Waals surface area contributed by atoms with Crippen molar-refractivity contribution < 1.29 is 0 Å². The van der Waals surface area contributed by atoms with Gasteiger partial charge in [-0.1, -0.05) is 39.7 Å². The molecule has 0 fully saturated rings. The molecule has 1 aromatic heterocycles.